The van der Waals surface area contributed by atoms with Crippen LogP contribution in [0.1, 0.15) is 11.3 Å². The Morgan fingerprint density at radius 2 is 2.12 bits per heavy atom. The number of benzene rings is 1. The normalized spacial score (nSPS) is 11.1. The largest absolute Gasteiger partial charge is 0.316 e. The van der Waals surface area contributed by atoms with E-state index in [0.29, 0.717) is 0 Å². The molecule has 0 bridgehead atoms. The van der Waals surface area contributed by atoms with Gasteiger partial charge in [-0.2, -0.15) is 5.10 Å². The van der Waals surface area contributed by atoms with Gasteiger partial charge in [-0.3, -0.25) is 5.10 Å². The molecule has 3 heterocycles. The second-order valence-corrected chi connectivity index (χ2v) is 6.85. The molecule has 0 aliphatic rings. The van der Waals surface area contributed by atoms with E-state index in [9.17, 15) is 0 Å². The molecule has 6 nitrogen and oxygen atoms in total. The first-order valence-corrected chi connectivity index (χ1v) is 8.82. The summed E-state index contributed by atoms with van der Waals surface area (Å²) in [5.41, 5.74) is 5.48. The SMILES string of the molecule is CNCc1ccnc(Nc2nc3ccc(-c4cn[nH]c4C)cc3s2)c1. The van der Waals surface area contributed by atoms with Crippen LogP contribution in [-0.4, -0.2) is 27.2 Å². The van der Waals surface area contributed by atoms with E-state index in [-0.39, 0.29) is 0 Å². The highest BCUT2D eigenvalue weighted by atomic mass is 32.1. The van der Waals surface area contributed by atoms with Crippen molar-refractivity contribution in [2.75, 3.05) is 12.4 Å². The Hall–Kier alpha value is -2.77. The van der Waals surface area contributed by atoms with Crippen LogP contribution in [0.4, 0.5) is 10.9 Å². The third-order valence-corrected chi connectivity index (χ3v) is 4.90. The second-order valence-electron chi connectivity index (χ2n) is 5.81. The van der Waals surface area contributed by atoms with Crippen LogP contribution in [0.15, 0.2) is 42.7 Å². The number of aryl methyl sites for hydroxylation is 1. The Bertz CT molecular complexity index is 1020. The first-order chi connectivity index (χ1) is 12.2. The molecule has 4 aromatic rings. The summed E-state index contributed by atoms with van der Waals surface area (Å²) in [6.45, 7) is 2.83. The molecule has 0 fully saturated rings. The molecule has 0 saturated carbocycles. The molecule has 126 valence electrons. The fourth-order valence-corrected chi connectivity index (χ4v) is 3.67. The van der Waals surface area contributed by atoms with Crippen LogP contribution in [0.25, 0.3) is 21.3 Å². The first kappa shape index (κ1) is 15.7. The molecule has 3 aromatic heterocycles. The Morgan fingerprint density at radius 3 is 2.92 bits per heavy atom. The van der Waals surface area contributed by atoms with Gasteiger partial charge in [-0.1, -0.05) is 17.4 Å². The van der Waals surface area contributed by atoms with Crippen molar-refractivity contribution in [2.24, 2.45) is 0 Å². The maximum atomic E-state index is 4.66. The highest BCUT2D eigenvalue weighted by Crippen LogP contribution is 2.32. The summed E-state index contributed by atoms with van der Waals surface area (Å²) < 4.78 is 1.13. The molecule has 1 aromatic carbocycles. The number of hydrogen-bond acceptors (Lipinski definition) is 6. The molecule has 0 radical (unpaired) electrons. The van der Waals surface area contributed by atoms with Crippen LogP contribution in [0, 0.1) is 6.92 Å². The monoisotopic (exact) mass is 350 g/mol. The number of pyridine rings is 1. The van der Waals surface area contributed by atoms with Crippen LogP contribution in [0.5, 0.6) is 0 Å². The summed E-state index contributed by atoms with van der Waals surface area (Å²) in [6, 6.07) is 10.3. The van der Waals surface area contributed by atoms with Gasteiger partial charge in [-0.15, -0.1) is 0 Å². The minimum atomic E-state index is 0.803. The van der Waals surface area contributed by atoms with Gasteiger partial charge >= 0.3 is 0 Å². The Kier molecular flexibility index (Phi) is 4.17. The lowest BCUT2D eigenvalue weighted by atomic mass is 10.1. The number of nitrogens with one attached hydrogen (secondary N) is 3. The molecule has 25 heavy (non-hydrogen) atoms. The van der Waals surface area contributed by atoms with E-state index >= 15 is 0 Å². The highest BCUT2D eigenvalue weighted by Gasteiger charge is 2.09. The van der Waals surface area contributed by atoms with E-state index in [1.54, 1.807) is 11.3 Å². The summed E-state index contributed by atoms with van der Waals surface area (Å²) >= 11 is 1.62. The molecular weight excluding hydrogens is 332 g/mol. The van der Waals surface area contributed by atoms with Gasteiger partial charge in [0.05, 0.1) is 16.4 Å². The predicted octanol–water partition coefficient (Wildman–Crippen LogP) is 3.85. The molecule has 0 amide bonds. The molecule has 4 rings (SSSR count). The lowest BCUT2D eigenvalue weighted by Crippen LogP contribution is -2.05. The van der Waals surface area contributed by atoms with Crippen LogP contribution >= 0.6 is 11.3 Å². The fraction of sp³-hybridized carbons (Fsp3) is 0.167. The zero-order valence-electron chi connectivity index (χ0n) is 14.0. The molecule has 0 unspecified atom stereocenters. The summed E-state index contributed by atoms with van der Waals surface area (Å²) in [5, 5.41) is 14.4. The van der Waals surface area contributed by atoms with E-state index in [1.165, 1.54) is 5.56 Å². The predicted molar refractivity (Wildman–Crippen MR) is 102 cm³/mol. The summed E-state index contributed by atoms with van der Waals surface area (Å²) in [7, 11) is 1.93. The number of H-pyrrole nitrogens is 1. The van der Waals surface area contributed by atoms with Crippen molar-refractivity contribution < 1.29 is 0 Å². The number of aromatic nitrogens is 4. The second kappa shape index (κ2) is 6.62. The van der Waals surface area contributed by atoms with Gasteiger partial charge in [0.25, 0.3) is 0 Å². The van der Waals surface area contributed by atoms with E-state index < -0.39 is 0 Å². The van der Waals surface area contributed by atoms with Crippen molar-refractivity contribution in [3.05, 3.63) is 54.0 Å². The third kappa shape index (κ3) is 3.24. The molecular formula is C18H18N6S. The smallest absolute Gasteiger partial charge is 0.189 e. The number of rotatable bonds is 5. The van der Waals surface area contributed by atoms with E-state index in [2.05, 4.69) is 42.9 Å². The average molecular weight is 350 g/mol. The quantitative estimate of drug-likeness (QED) is 0.509. The minimum Gasteiger partial charge on any atom is -0.316 e. The van der Waals surface area contributed by atoms with E-state index in [4.69, 9.17) is 0 Å². The highest BCUT2D eigenvalue weighted by molar-refractivity contribution is 7.22. The van der Waals surface area contributed by atoms with Crippen molar-refractivity contribution in [1.82, 2.24) is 25.5 Å². The zero-order chi connectivity index (χ0) is 17.2. The van der Waals surface area contributed by atoms with Crippen molar-refractivity contribution >= 4 is 32.5 Å². The van der Waals surface area contributed by atoms with Gasteiger partial charge in [-0.05, 0) is 49.4 Å². The molecule has 0 aliphatic carbocycles. The van der Waals surface area contributed by atoms with Crippen molar-refractivity contribution in [3.8, 4) is 11.1 Å². The lowest BCUT2D eigenvalue weighted by Gasteiger charge is -2.04. The summed E-state index contributed by atoms with van der Waals surface area (Å²) in [5.74, 6) is 0.803. The minimum absolute atomic E-state index is 0.803. The molecule has 0 aliphatic heterocycles. The van der Waals surface area contributed by atoms with Gasteiger partial charge in [0.15, 0.2) is 5.13 Å². The molecule has 7 heteroatoms. The van der Waals surface area contributed by atoms with E-state index in [0.717, 1.165) is 44.5 Å². The maximum absolute atomic E-state index is 4.66. The van der Waals surface area contributed by atoms with Crippen molar-refractivity contribution in [1.29, 1.82) is 0 Å². The lowest BCUT2D eigenvalue weighted by molar-refractivity contribution is 0.816. The average Bonchev–Trinajstić information content (AvgIpc) is 3.20. The standard InChI is InChI=1S/C18H18N6S/c1-11-14(10-21-24-11)13-3-4-15-16(8-13)25-18(22-15)23-17-7-12(9-19-2)5-6-20-17/h3-8,10,19H,9H2,1-2H3,(H,21,24)(H,20,22,23). The number of nitrogens with zero attached hydrogens (tertiary/aromatic N) is 3. The third-order valence-electron chi connectivity index (χ3n) is 3.97. The van der Waals surface area contributed by atoms with Crippen LogP contribution in [0.3, 0.4) is 0 Å². The summed E-state index contributed by atoms with van der Waals surface area (Å²) in [6.07, 6.45) is 3.66. The van der Waals surface area contributed by atoms with Crippen molar-refractivity contribution in [2.45, 2.75) is 13.5 Å². The fourth-order valence-electron chi connectivity index (χ4n) is 2.75. The van der Waals surface area contributed by atoms with E-state index in [1.807, 2.05) is 44.6 Å². The number of fused-ring (bicyclic) bond motifs is 1. The van der Waals surface area contributed by atoms with Gasteiger partial charge in [0.1, 0.15) is 5.82 Å². The molecule has 0 atom stereocenters. The maximum Gasteiger partial charge on any atom is 0.189 e. The van der Waals surface area contributed by atoms with Crippen LogP contribution in [-0.2, 0) is 6.54 Å². The van der Waals surface area contributed by atoms with Crippen molar-refractivity contribution in [3.63, 3.8) is 0 Å². The Balaban J connectivity index is 1.63. The molecule has 0 saturated heterocycles. The first-order valence-electron chi connectivity index (χ1n) is 8.00. The number of aromatic amines is 1. The van der Waals surface area contributed by atoms with Gasteiger partial charge in [0.2, 0.25) is 0 Å². The van der Waals surface area contributed by atoms with Crippen LogP contribution in [0.2, 0.25) is 0 Å². The topological polar surface area (TPSA) is 78.5 Å². The van der Waals surface area contributed by atoms with Crippen LogP contribution < -0.4 is 10.6 Å². The zero-order valence-corrected chi connectivity index (χ0v) is 14.8. The Morgan fingerprint density at radius 1 is 1.20 bits per heavy atom. The summed E-state index contributed by atoms with van der Waals surface area (Å²) in [4.78, 5) is 9.03. The number of anilines is 2. The number of thiazole rings is 1. The number of hydrogen-bond donors (Lipinski definition) is 3. The molecule has 3 N–H and O–H groups in total. The van der Waals surface area contributed by atoms with Gasteiger partial charge in [0, 0.05) is 24.0 Å². The molecule has 0 spiro atoms. The Labute approximate surface area is 149 Å². The van der Waals surface area contributed by atoms with Gasteiger partial charge < -0.3 is 10.6 Å². The van der Waals surface area contributed by atoms with Gasteiger partial charge in [-0.25, -0.2) is 9.97 Å².